The van der Waals surface area contributed by atoms with E-state index in [-0.39, 0.29) is 12.5 Å². The van der Waals surface area contributed by atoms with Crippen LogP contribution in [0, 0.1) is 13.8 Å². The molecule has 1 amide bonds. The number of hydrogen-bond acceptors (Lipinski definition) is 7. The third-order valence-corrected chi connectivity index (χ3v) is 4.86. The Kier molecular flexibility index (Phi) is 4.65. The van der Waals surface area contributed by atoms with Crippen LogP contribution in [0.25, 0.3) is 0 Å². The number of carbonyl (C=O) groups excluding carboxylic acids is 1. The van der Waals surface area contributed by atoms with E-state index in [0.29, 0.717) is 60.4 Å². The number of ether oxygens (including phenoxy) is 3. The number of likely N-dealkylation sites (tertiary alicyclic amines) is 1. The first-order chi connectivity index (χ1) is 13.0. The van der Waals surface area contributed by atoms with Crippen LogP contribution in [-0.2, 0) is 0 Å². The molecular formula is C19H22N2O6. The van der Waals surface area contributed by atoms with Gasteiger partial charge in [-0.3, -0.25) is 4.79 Å². The van der Waals surface area contributed by atoms with Gasteiger partial charge in [-0.15, -0.1) is 0 Å². The van der Waals surface area contributed by atoms with Crippen molar-refractivity contribution >= 4 is 5.91 Å². The number of amides is 1. The lowest BCUT2D eigenvalue weighted by molar-refractivity contribution is -0.0215. The molecule has 0 radical (unpaired) electrons. The fourth-order valence-corrected chi connectivity index (χ4v) is 3.48. The lowest BCUT2D eigenvalue weighted by Crippen LogP contribution is -2.51. The van der Waals surface area contributed by atoms with E-state index in [1.165, 1.54) is 0 Å². The maximum Gasteiger partial charge on any atom is 0.259 e. The van der Waals surface area contributed by atoms with Gasteiger partial charge in [-0.05, 0) is 26.0 Å². The standard InChI is InChI=1S/C19H22N2O6/c1-11-17(12(2)27-20-11)19(23)21-7-6-14(13(22)10-21)26-16-5-3-4-15-18(16)25-9-8-24-15/h3-5,13-14,22H,6-10H2,1-2H3/t13-,14-/m1/s1. The molecule has 0 unspecified atom stereocenters. The maximum absolute atomic E-state index is 12.7. The van der Waals surface area contributed by atoms with Gasteiger partial charge in [0.05, 0.1) is 12.2 Å². The van der Waals surface area contributed by atoms with Crippen molar-refractivity contribution in [2.45, 2.75) is 32.5 Å². The average molecular weight is 374 g/mol. The first-order valence-electron chi connectivity index (χ1n) is 9.00. The zero-order chi connectivity index (χ0) is 19.0. The van der Waals surface area contributed by atoms with E-state index in [9.17, 15) is 9.90 Å². The van der Waals surface area contributed by atoms with Crippen molar-refractivity contribution in [3.8, 4) is 17.2 Å². The summed E-state index contributed by atoms with van der Waals surface area (Å²) < 4.78 is 22.3. The number of hydrogen-bond donors (Lipinski definition) is 1. The third kappa shape index (κ3) is 3.32. The number of aromatic nitrogens is 1. The lowest BCUT2D eigenvalue weighted by Gasteiger charge is -2.36. The summed E-state index contributed by atoms with van der Waals surface area (Å²) in [4.78, 5) is 14.4. The maximum atomic E-state index is 12.7. The monoisotopic (exact) mass is 374 g/mol. The number of β-amino-alcohol motifs (C(OH)–C–C–N with tert-alkyl or cyclic N) is 1. The van der Waals surface area contributed by atoms with Gasteiger partial charge in [0, 0.05) is 13.0 Å². The number of aryl methyl sites for hydroxylation is 2. The molecule has 2 aliphatic heterocycles. The second-order valence-electron chi connectivity index (χ2n) is 6.74. The van der Waals surface area contributed by atoms with E-state index < -0.39 is 12.2 Å². The normalized spacial score (nSPS) is 21.8. The summed E-state index contributed by atoms with van der Waals surface area (Å²) in [5.41, 5.74) is 1.02. The predicted octanol–water partition coefficient (Wildman–Crippen LogP) is 1.72. The van der Waals surface area contributed by atoms with Crippen molar-refractivity contribution in [3.63, 3.8) is 0 Å². The van der Waals surface area contributed by atoms with E-state index in [1.807, 2.05) is 12.1 Å². The molecule has 0 saturated carbocycles. The van der Waals surface area contributed by atoms with Crippen LogP contribution in [0.1, 0.15) is 28.2 Å². The van der Waals surface area contributed by atoms with E-state index >= 15 is 0 Å². The fourth-order valence-electron chi connectivity index (χ4n) is 3.48. The minimum atomic E-state index is -0.816. The van der Waals surface area contributed by atoms with Crippen LogP contribution < -0.4 is 14.2 Å². The number of rotatable bonds is 3. The van der Waals surface area contributed by atoms with Crippen molar-refractivity contribution in [2.24, 2.45) is 0 Å². The second kappa shape index (κ2) is 7.11. The average Bonchev–Trinajstić information content (AvgIpc) is 3.01. The molecule has 0 aliphatic carbocycles. The molecule has 4 rings (SSSR count). The highest BCUT2D eigenvalue weighted by molar-refractivity contribution is 5.96. The van der Waals surface area contributed by atoms with Crippen LogP contribution in [0.15, 0.2) is 22.7 Å². The van der Waals surface area contributed by atoms with E-state index in [2.05, 4.69) is 5.16 Å². The van der Waals surface area contributed by atoms with Crippen LogP contribution in [0.2, 0.25) is 0 Å². The fraction of sp³-hybridized carbons (Fsp3) is 0.474. The summed E-state index contributed by atoms with van der Waals surface area (Å²) in [7, 11) is 0. The summed E-state index contributed by atoms with van der Waals surface area (Å²) in [6.45, 7) is 5.05. The Morgan fingerprint density at radius 1 is 1.30 bits per heavy atom. The number of para-hydroxylation sites is 1. The number of nitrogens with zero attached hydrogens (tertiary/aromatic N) is 2. The SMILES string of the molecule is Cc1noc(C)c1C(=O)N1CC[C@@H](Oc2cccc3c2OCCO3)[C@H](O)C1. The molecule has 1 aromatic carbocycles. The van der Waals surface area contributed by atoms with Crippen molar-refractivity contribution in [2.75, 3.05) is 26.3 Å². The molecule has 1 saturated heterocycles. The summed E-state index contributed by atoms with van der Waals surface area (Å²) in [5, 5.41) is 14.4. The molecular weight excluding hydrogens is 352 g/mol. The molecule has 8 heteroatoms. The molecule has 8 nitrogen and oxygen atoms in total. The van der Waals surface area contributed by atoms with E-state index in [0.717, 1.165) is 0 Å². The number of benzene rings is 1. The molecule has 3 heterocycles. The van der Waals surface area contributed by atoms with Gasteiger partial charge in [0.2, 0.25) is 5.75 Å². The Morgan fingerprint density at radius 3 is 2.85 bits per heavy atom. The minimum absolute atomic E-state index is 0.180. The second-order valence-corrected chi connectivity index (χ2v) is 6.74. The molecule has 2 aromatic rings. The molecule has 0 spiro atoms. The van der Waals surface area contributed by atoms with Gasteiger partial charge < -0.3 is 28.7 Å². The van der Waals surface area contributed by atoms with Crippen LogP contribution >= 0.6 is 0 Å². The highest BCUT2D eigenvalue weighted by Gasteiger charge is 2.34. The van der Waals surface area contributed by atoms with Crippen LogP contribution in [0.5, 0.6) is 17.2 Å². The molecule has 1 aromatic heterocycles. The number of aliphatic hydroxyl groups is 1. The smallest absolute Gasteiger partial charge is 0.259 e. The first kappa shape index (κ1) is 17.7. The Bertz CT molecular complexity index is 829. The van der Waals surface area contributed by atoms with Gasteiger partial charge in [0.1, 0.15) is 36.7 Å². The van der Waals surface area contributed by atoms with Gasteiger partial charge in [-0.25, -0.2) is 0 Å². The largest absolute Gasteiger partial charge is 0.486 e. The van der Waals surface area contributed by atoms with Crippen molar-refractivity contribution in [1.82, 2.24) is 10.1 Å². The van der Waals surface area contributed by atoms with E-state index in [4.69, 9.17) is 18.7 Å². The third-order valence-electron chi connectivity index (χ3n) is 4.86. The topological polar surface area (TPSA) is 94.3 Å². The van der Waals surface area contributed by atoms with Crippen molar-refractivity contribution < 1.29 is 28.6 Å². The summed E-state index contributed by atoms with van der Waals surface area (Å²) in [6.07, 6.45) is -0.750. The molecule has 144 valence electrons. The lowest BCUT2D eigenvalue weighted by atomic mass is 10.0. The van der Waals surface area contributed by atoms with Crippen molar-refractivity contribution in [3.05, 3.63) is 35.2 Å². The summed E-state index contributed by atoms with van der Waals surface area (Å²) in [6, 6.07) is 5.44. The Labute approximate surface area is 156 Å². The Hall–Kier alpha value is -2.74. The Balaban J connectivity index is 1.45. The van der Waals surface area contributed by atoms with Gasteiger partial charge in [0.25, 0.3) is 5.91 Å². The molecule has 1 N–H and O–H groups in total. The van der Waals surface area contributed by atoms with E-state index in [1.54, 1.807) is 24.8 Å². The summed E-state index contributed by atoms with van der Waals surface area (Å²) >= 11 is 0. The molecule has 0 bridgehead atoms. The first-order valence-corrected chi connectivity index (χ1v) is 9.00. The molecule has 2 aliphatic rings. The molecule has 2 atom stereocenters. The summed E-state index contributed by atoms with van der Waals surface area (Å²) in [5.74, 6) is 2.04. The van der Waals surface area contributed by atoms with Gasteiger partial charge in [-0.2, -0.15) is 0 Å². The van der Waals surface area contributed by atoms with Gasteiger partial charge in [0.15, 0.2) is 11.5 Å². The van der Waals surface area contributed by atoms with Gasteiger partial charge in [-0.1, -0.05) is 11.2 Å². The number of piperidine rings is 1. The van der Waals surface area contributed by atoms with Crippen molar-refractivity contribution in [1.29, 1.82) is 0 Å². The predicted molar refractivity (Wildman–Crippen MR) is 94.4 cm³/mol. The van der Waals surface area contributed by atoms with Crippen LogP contribution in [0.4, 0.5) is 0 Å². The number of fused-ring (bicyclic) bond motifs is 1. The quantitative estimate of drug-likeness (QED) is 0.874. The zero-order valence-electron chi connectivity index (χ0n) is 15.3. The highest BCUT2D eigenvalue weighted by atomic mass is 16.6. The molecule has 1 fully saturated rings. The number of carbonyl (C=O) groups is 1. The van der Waals surface area contributed by atoms with Crippen LogP contribution in [0.3, 0.4) is 0 Å². The van der Waals surface area contributed by atoms with Gasteiger partial charge >= 0.3 is 0 Å². The highest BCUT2D eigenvalue weighted by Crippen LogP contribution is 2.40. The Morgan fingerprint density at radius 2 is 2.11 bits per heavy atom. The zero-order valence-corrected chi connectivity index (χ0v) is 15.3. The number of aliphatic hydroxyl groups excluding tert-OH is 1. The minimum Gasteiger partial charge on any atom is -0.486 e. The molecule has 27 heavy (non-hydrogen) atoms. The van der Waals surface area contributed by atoms with Crippen LogP contribution in [-0.4, -0.2) is 59.6 Å².